The number of nitrogens with one attached hydrogen (secondary N) is 2. The number of carbonyl (C=O) groups excluding carboxylic acids is 2. The molecule has 2 atom stereocenters. The van der Waals surface area contributed by atoms with Crippen molar-refractivity contribution in [1.29, 1.82) is 0 Å². The van der Waals surface area contributed by atoms with Gasteiger partial charge in [-0.25, -0.2) is 9.59 Å². The minimum Gasteiger partial charge on any atom is -0.497 e. The Hall–Kier alpha value is -2.73. The number of esters is 1. The zero-order valence-corrected chi connectivity index (χ0v) is 14.2. The normalized spacial score (nSPS) is 19.2. The summed E-state index contributed by atoms with van der Waals surface area (Å²) in [5.74, 6) is 0.0143. The zero-order chi connectivity index (χ0) is 17.8. The summed E-state index contributed by atoms with van der Waals surface area (Å²) in [6.07, 6.45) is 0. The second-order valence-corrected chi connectivity index (χ2v) is 6.03. The average molecular weight is 361 g/mol. The lowest BCUT2D eigenvalue weighted by atomic mass is 9.94. The summed E-state index contributed by atoms with van der Waals surface area (Å²) < 4.78 is 10.3. The minimum atomic E-state index is -0.749. The summed E-state index contributed by atoms with van der Waals surface area (Å²) in [6, 6.07) is 12.8. The Bertz CT molecular complexity index is 762. The maximum atomic E-state index is 12.2. The molecule has 1 saturated heterocycles. The van der Waals surface area contributed by atoms with Crippen molar-refractivity contribution in [1.82, 2.24) is 5.32 Å². The van der Waals surface area contributed by atoms with Gasteiger partial charge in [0.15, 0.2) is 0 Å². The number of urea groups is 1. The van der Waals surface area contributed by atoms with Crippen molar-refractivity contribution in [3.05, 3.63) is 59.1 Å². The number of anilines is 1. The van der Waals surface area contributed by atoms with Crippen molar-refractivity contribution >= 4 is 29.3 Å². The van der Waals surface area contributed by atoms with Gasteiger partial charge in [0.1, 0.15) is 18.4 Å². The molecule has 0 aliphatic carbocycles. The number of rotatable bonds is 4. The summed E-state index contributed by atoms with van der Waals surface area (Å²) in [5, 5.41) is 5.92. The number of hydrogen-bond acceptors (Lipinski definition) is 4. The number of benzene rings is 2. The zero-order valence-electron chi connectivity index (χ0n) is 13.5. The van der Waals surface area contributed by atoms with Crippen LogP contribution in [0.25, 0.3) is 0 Å². The van der Waals surface area contributed by atoms with Crippen LogP contribution in [0.3, 0.4) is 0 Å². The fourth-order valence-corrected chi connectivity index (χ4v) is 2.79. The molecule has 0 aromatic heterocycles. The first-order chi connectivity index (χ1) is 12.1. The highest BCUT2D eigenvalue weighted by molar-refractivity contribution is 6.30. The van der Waals surface area contributed by atoms with E-state index in [1.807, 2.05) is 24.3 Å². The van der Waals surface area contributed by atoms with Crippen LogP contribution in [0.2, 0.25) is 5.02 Å². The molecule has 7 heteroatoms. The van der Waals surface area contributed by atoms with Gasteiger partial charge in [-0.05, 0) is 42.0 Å². The Balaban J connectivity index is 1.68. The van der Waals surface area contributed by atoms with Crippen LogP contribution in [0, 0.1) is 0 Å². The van der Waals surface area contributed by atoms with Crippen molar-refractivity contribution < 1.29 is 19.1 Å². The average Bonchev–Trinajstić information content (AvgIpc) is 2.98. The first-order valence-corrected chi connectivity index (χ1v) is 8.08. The number of methoxy groups -OCH3 is 1. The van der Waals surface area contributed by atoms with E-state index in [1.54, 1.807) is 31.4 Å². The summed E-state index contributed by atoms with van der Waals surface area (Å²) >= 11 is 5.81. The van der Waals surface area contributed by atoms with Crippen LogP contribution < -0.4 is 15.4 Å². The molecule has 0 bridgehead atoms. The molecule has 1 heterocycles. The van der Waals surface area contributed by atoms with Gasteiger partial charge >= 0.3 is 12.0 Å². The molecule has 6 nitrogen and oxygen atoms in total. The second kappa shape index (κ2) is 7.44. The first-order valence-electron chi connectivity index (χ1n) is 7.70. The van der Waals surface area contributed by atoms with Crippen molar-refractivity contribution in [2.45, 2.75) is 12.0 Å². The number of ether oxygens (including phenoxy) is 2. The molecule has 2 aromatic carbocycles. The molecular weight excluding hydrogens is 344 g/mol. The number of hydrogen-bond donors (Lipinski definition) is 2. The fraction of sp³-hybridized carbons (Fsp3) is 0.222. The van der Waals surface area contributed by atoms with E-state index in [2.05, 4.69) is 10.6 Å². The molecule has 130 valence electrons. The Labute approximate surface area is 150 Å². The Kier molecular flexibility index (Phi) is 5.09. The molecule has 0 unspecified atom stereocenters. The van der Waals surface area contributed by atoms with Gasteiger partial charge in [0.05, 0.1) is 7.11 Å². The first kappa shape index (κ1) is 17.1. The van der Waals surface area contributed by atoms with Gasteiger partial charge < -0.3 is 20.1 Å². The molecule has 1 aliphatic heterocycles. The number of cyclic esters (lactones) is 1. The molecule has 0 saturated carbocycles. The molecule has 1 aliphatic rings. The molecule has 2 aromatic rings. The van der Waals surface area contributed by atoms with Crippen LogP contribution in [0.5, 0.6) is 5.75 Å². The van der Waals surface area contributed by atoms with Gasteiger partial charge in [0.25, 0.3) is 0 Å². The van der Waals surface area contributed by atoms with Gasteiger partial charge in [0, 0.05) is 16.6 Å². The quantitative estimate of drug-likeness (QED) is 0.821. The number of amides is 2. The van der Waals surface area contributed by atoms with Gasteiger partial charge in [-0.1, -0.05) is 23.7 Å². The predicted octanol–water partition coefficient (Wildman–Crippen LogP) is 3.18. The third-order valence-corrected chi connectivity index (χ3v) is 4.25. The van der Waals surface area contributed by atoms with Crippen molar-refractivity contribution in [3.63, 3.8) is 0 Å². The van der Waals surface area contributed by atoms with Crippen molar-refractivity contribution in [2.75, 3.05) is 19.0 Å². The maximum absolute atomic E-state index is 12.2. The molecule has 25 heavy (non-hydrogen) atoms. The van der Waals surface area contributed by atoms with Crippen molar-refractivity contribution in [3.8, 4) is 5.75 Å². The van der Waals surface area contributed by atoms with Gasteiger partial charge in [-0.3, -0.25) is 0 Å². The summed E-state index contributed by atoms with van der Waals surface area (Å²) in [6.45, 7) is 0.219. The molecule has 2 amide bonds. The van der Waals surface area contributed by atoms with E-state index in [4.69, 9.17) is 21.1 Å². The monoisotopic (exact) mass is 360 g/mol. The number of carbonyl (C=O) groups is 2. The van der Waals surface area contributed by atoms with Crippen LogP contribution in [-0.4, -0.2) is 31.8 Å². The smallest absolute Gasteiger partial charge is 0.329 e. The molecule has 2 N–H and O–H groups in total. The molecule has 1 fully saturated rings. The standard InChI is InChI=1S/C18H17ClN2O4/c1-24-14-8-2-11(3-9-14)15-10-25-17(22)16(15)21-18(23)20-13-6-4-12(19)5-7-13/h2-9,15-16H,10H2,1H3,(H2,20,21,23)/t15-,16+/m0/s1. The molecular formula is C18H17ClN2O4. The Morgan fingerprint density at radius 3 is 2.48 bits per heavy atom. The molecule has 0 radical (unpaired) electrons. The minimum absolute atomic E-state index is 0.219. The van der Waals surface area contributed by atoms with E-state index in [-0.39, 0.29) is 12.5 Å². The van der Waals surface area contributed by atoms with Crippen LogP contribution in [0.15, 0.2) is 48.5 Å². The Morgan fingerprint density at radius 2 is 1.84 bits per heavy atom. The van der Waals surface area contributed by atoms with Gasteiger partial charge in [-0.15, -0.1) is 0 Å². The lowest BCUT2D eigenvalue weighted by Gasteiger charge is -2.18. The lowest BCUT2D eigenvalue weighted by Crippen LogP contribution is -2.43. The van der Waals surface area contributed by atoms with E-state index < -0.39 is 18.0 Å². The van der Waals surface area contributed by atoms with Gasteiger partial charge in [-0.2, -0.15) is 0 Å². The third kappa shape index (κ3) is 4.03. The Morgan fingerprint density at radius 1 is 1.16 bits per heavy atom. The third-order valence-electron chi connectivity index (χ3n) is 3.99. The highest BCUT2D eigenvalue weighted by Crippen LogP contribution is 2.28. The van der Waals surface area contributed by atoms with E-state index in [9.17, 15) is 9.59 Å². The predicted molar refractivity (Wildman–Crippen MR) is 94.1 cm³/mol. The largest absolute Gasteiger partial charge is 0.497 e. The van der Waals surface area contributed by atoms with Crippen LogP contribution in [0.4, 0.5) is 10.5 Å². The van der Waals surface area contributed by atoms with E-state index >= 15 is 0 Å². The van der Waals surface area contributed by atoms with Crippen LogP contribution >= 0.6 is 11.6 Å². The van der Waals surface area contributed by atoms with E-state index in [0.29, 0.717) is 10.7 Å². The highest BCUT2D eigenvalue weighted by atomic mass is 35.5. The summed E-state index contributed by atoms with van der Waals surface area (Å²) in [7, 11) is 1.59. The number of halogens is 1. The van der Waals surface area contributed by atoms with Crippen molar-refractivity contribution in [2.24, 2.45) is 0 Å². The van der Waals surface area contributed by atoms with Crippen LogP contribution in [-0.2, 0) is 9.53 Å². The summed E-state index contributed by atoms with van der Waals surface area (Å²) in [4.78, 5) is 24.2. The fourth-order valence-electron chi connectivity index (χ4n) is 2.66. The molecule has 3 rings (SSSR count). The highest BCUT2D eigenvalue weighted by Gasteiger charge is 2.39. The van der Waals surface area contributed by atoms with E-state index in [0.717, 1.165) is 11.3 Å². The topological polar surface area (TPSA) is 76.7 Å². The maximum Gasteiger partial charge on any atom is 0.329 e. The lowest BCUT2D eigenvalue weighted by molar-refractivity contribution is -0.139. The SMILES string of the molecule is COc1ccc([C@@H]2COC(=O)[C@@H]2NC(=O)Nc2ccc(Cl)cc2)cc1. The second-order valence-electron chi connectivity index (χ2n) is 5.59. The van der Waals surface area contributed by atoms with Gasteiger partial charge in [0.2, 0.25) is 0 Å². The van der Waals surface area contributed by atoms with Crippen LogP contribution in [0.1, 0.15) is 11.5 Å². The summed E-state index contributed by atoms with van der Waals surface area (Å²) in [5.41, 5.74) is 1.47. The van der Waals surface area contributed by atoms with E-state index in [1.165, 1.54) is 0 Å². The molecule has 0 spiro atoms.